The van der Waals surface area contributed by atoms with Crippen LogP contribution in [0.3, 0.4) is 0 Å². The van der Waals surface area contributed by atoms with E-state index in [1.807, 2.05) is 0 Å². The minimum absolute atomic E-state index is 0.560. The van der Waals surface area contributed by atoms with Crippen LogP contribution in [0.15, 0.2) is 143 Å². The number of benzene rings is 2. The molecule has 0 aromatic heterocycles. The Morgan fingerprint density at radius 2 is 1.77 bits per heavy atom. The molecule has 0 nitrogen and oxygen atoms in total. The van der Waals surface area contributed by atoms with E-state index in [0.717, 1.165) is 12.8 Å². The standard InChI is InChI=1S/C48H54/c1-7-8-9-10-16-39-23-26-42-27-25-41-22-20-38(30-47(41)48(42)37(39)6)15-13-14-33(2)34(3)19-21-43-32-46(36(5)29-35(43)4)45-28-24-40-17-11-12-18-44(40)31-45/h7-11,13-15,17,19-22,24-28,30,32,35-36,39,44H,12,16,18,23,29,31H2,1-6H3. The predicted molar refractivity (Wildman–Crippen MR) is 212 cm³/mol. The van der Waals surface area contributed by atoms with Crippen molar-refractivity contribution in [2.75, 3.05) is 0 Å². The van der Waals surface area contributed by atoms with Gasteiger partial charge in [-0.2, -0.15) is 0 Å². The van der Waals surface area contributed by atoms with Gasteiger partial charge >= 0.3 is 0 Å². The number of allylic oxidation sites excluding steroid dienone is 19. The molecule has 0 fully saturated rings. The van der Waals surface area contributed by atoms with Crippen LogP contribution < -0.4 is 10.4 Å². The average molecular weight is 631 g/mol. The Labute approximate surface area is 290 Å². The highest BCUT2D eigenvalue weighted by Crippen LogP contribution is 2.42. The molecule has 4 aliphatic carbocycles. The summed E-state index contributed by atoms with van der Waals surface area (Å²) >= 11 is 0. The summed E-state index contributed by atoms with van der Waals surface area (Å²) < 4.78 is 0. The van der Waals surface area contributed by atoms with Crippen LogP contribution in [0.25, 0.3) is 28.5 Å². The Kier molecular flexibility index (Phi) is 10.8. The normalized spacial score (nSPS) is 25.8. The van der Waals surface area contributed by atoms with Gasteiger partial charge in [0, 0.05) is 0 Å². The molecule has 0 N–H and O–H groups in total. The van der Waals surface area contributed by atoms with E-state index in [9.17, 15) is 0 Å². The van der Waals surface area contributed by atoms with Crippen molar-refractivity contribution in [3.63, 3.8) is 0 Å². The minimum atomic E-state index is 0.560. The van der Waals surface area contributed by atoms with E-state index in [-0.39, 0.29) is 0 Å². The molecule has 0 saturated heterocycles. The summed E-state index contributed by atoms with van der Waals surface area (Å²) in [6.45, 7) is 13.7. The summed E-state index contributed by atoms with van der Waals surface area (Å²) in [4.78, 5) is 0. The maximum Gasteiger partial charge on any atom is -0.0100 e. The molecule has 2 aromatic carbocycles. The highest BCUT2D eigenvalue weighted by atomic mass is 14.3. The first kappa shape index (κ1) is 33.7. The molecular formula is C48H54. The molecule has 48 heavy (non-hydrogen) atoms. The van der Waals surface area contributed by atoms with E-state index in [2.05, 4.69) is 163 Å². The van der Waals surface area contributed by atoms with Gasteiger partial charge in [-0.15, -0.1) is 0 Å². The molecule has 4 atom stereocenters. The summed E-state index contributed by atoms with van der Waals surface area (Å²) in [6.07, 6.45) is 41.7. The van der Waals surface area contributed by atoms with Crippen molar-refractivity contribution in [1.29, 1.82) is 0 Å². The topological polar surface area (TPSA) is 0 Å². The van der Waals surface area contributed by atoms with Crippen LogP contribution in [-0.4, -0.2) is 0 Å². The Balaban J connectivity index is 1.20. The lowest BCUT2D eigenvalue weighted by Gasteiger charge is -2.33. The second-order valence-corrected chi connectivity index (χ2v) is 14.6. The lowest BCUT2D eigenvalue weighted by molar-refractivity contribution is 0.481. The van der Waals surface area contributed by atoms with Crippen LogP contribution in [0.5, 0.6) is 0 Å². The van der Waals surface area contributed by atoms with Crippen molar-refractivity contribution in [1.82, 2.24) is 0 Å². The van der Waals surface area contributed by atoms with E-state index in [1.54, 1.807) is 11.1 Å². The molecule has 0 aliphatic heterocycles. The van der Waals surface area contributed by atoms with E-state index in [1.165, 1.54) is 80.3 Å². The zero-order valence-corrected chi connectivity index (χ0v) is 30.1. The third kappa shape index (κ3) is 7.60. The maximum absolute atomic E-state index is 2.52. The zero-order chi connectivity index (χ0) is 33.6. The number of hydrogen-bond acceptors (Lipinski definition) is 0. The van der Waals surface area contributed by atoms with Gasteiger partial charge < -0.3 is 0 Å². The molecule has 0 bridgehead atoms. The summed E-state index contributed by atoms with van der Waals surface area (Å²) in [5.74, 6) is 2.45. The lowest BCUT2D eigenvalue weighted by Crippen LogP contribution is -2.32. The van der Waals surface area contributed by atoms with Gasteiger partial charge in [-0.05, 0) is 156 Å². The van der Waals surface area contributed by atoms with Crippen molar-refractivity contribution in [3.05, 3.63) is 159 Å². The van der Waals surface area contributed by atoms with Crippen molar-refractivity contribution in [3.8, 4) is 0 Å². The highest BCUT2D eigenvalue weighted by Gasteiger charge is 2.27. The Morgan fingerprint density at radius 1 is 0.938 bits per heavy atom. The van der Waals surface area contributed by atoms with Crippen LogP contribution in [0.2, 0.25) is 0 Å². The number of hydrogen-bond donors (Lipinski definition) is 0. The van der Waals surface area contributed by atoms with Gasteiger partial charge in [0.05, 0.1) is 0 Å². The molecular weight excluding hydrogens is 577 g/mol. The molecule has 0 amide bonds. The Bertz CT molecular complexity index is 1980. The third-order valence-corrected chi connectivity index (χ3v) is 11.3. The second-order valence-electron chi connectivity index (χ2n) is 14.6. The van der Waals surface area contributed by atoms with Gasteiger partial charge in [0.1, 0.15) is 0 Å². The Hall–Kier alpha value is -4.16. The molecule has 0 heteroatoms. The summed E-state index contributed by atoms with van der Waals surface area (Å²) in [6, 6.07) is 11.5. The van der Waals surface area contributed by atoms with Crippen molar-refractivity contribution in [2.24, 2.45) is 23.7 Å². The fraction of sp³-hybridized carbons (Fsp3) is 0.333. The van der Waals surface area contributed by atoms with E-state index in [4.69, 9.17) is 0 Å². The third-order valence-electron chi connectivity index (χ3n) is 11.3. The Morgan fingerprint density at radius 3 is 2.62 bits per heavy atom. The van der Waals surface area contributed by atoms with Crippen LogP contribution in [-0.2, 0) is 0 Å². The molecule has 0 radical (unpaired) electrons. The van der Waals surface area contributed by atoms with Crippen LogP contribution in [0.4, 0.5) is 0 Å². The van der Waals surface area contributed by atoms with E-state index >= 15 is 0 Å². The van der Waals surface area contributed by atoms with Gasteiger partial charge in [0.15, 0.2) is 0 Å². The van der Waals surface area contributed by atoms with E-state index < -0.39 is 0 Å². The van der Waals surface area contributed by atoms with Gasteiger partial charge in [-0.3, -0.25) is 0 Å². The summed E-state index contributed by atoms with van der Waals surface area (Å²) in [5.41, 5.74) is 11.5. The van der Waals surface area contributed by atoms with Crippen molar-refractivity contribution in [2.45, 2.75) is 80.1 Å². The maximum atomic E-state index is 2.52. The first-order chi connectivity index (χ1) is 23.3. The van der Waals surface area contributed by atoms with Crippen LogP contribution in [0.1, 0.15) is 85.6 Å². The number of rotatable bonds is 8. The summed E-state index contributed by atoms with van der Waals surface area (Å²) in [7, 11) is 0. The zero-order valence-electron chi connectivity index (χ0n) is 30.1. The van der Waals surface area contributed by atoms with Crippen molar-refractivity contribution >= 4 is 28.5 Å². The molecule has 0 saturated carbocycles. The second kappa shape index (κ2) is 15.4. The van der Waals surface area contributed by atoms with Gasteiger partial charge in [-0.25, -0.2) is 0 Å². The quantitative estimate of drug-likeness (QED) is 0.255. The molecule has 0 spiro atoms. The summed E-state index contributed by atoms with van der Waals surface area (Å²) in [5, 5.41) is 5.51. The van der Waals surface area contributed by atoms with Gasteiger partial charge in [0.2, 0.25) is 0 Å². The molecule has 4 unspecified atom stereocenters. The SMILES string of the molecule is CC=CC=CCC1CC=c2ccc3ccc(C=CC=C(C)C(C)=CC=C4C=C(C5=CC=C6C=CCCC6C5)C(C)CC4C)cc3c2=C1C. The first-order valence-electron chi connectivity index (χ1n) is 18.4. The molecule has 4 aliphatic rings. The first-order valence-corrected chi connectivity index (χ1v) is 18.4. The predicted octanol–water partition coefficient (Wildman–Crippen LogP) is 12.0. The van der Waals surface area contributed by atoms with Gasteiger partial charge in [0.25, 0.3) is 0 Å². The molecule has 2 aromatic rings. The minimum Gasteiger partial charge on any atom is -0.0877 e. The molecule has 0 heterocycles. The fourth-order valence-corrected chi connectivity index (χ4v) is 8.07. The monoisotopic (exact) mass is 630 g/mol. The van der Waals surface area contributed by atoms with Crippen LogP contribution in [0, 0.1) is 23.7 Å². The number of fused-ring (bicyclic) bond motifs is 4. The molecule has 246 valence electrons. The highest BCUT2D eigenvalue weighted by molar-refractivity contribution is 5.87. The average Bonchev–Trinajstić information content (AvgIpc) is 3.10. The fourth-order valence-electron chi connectivity index (χ4n) is 8.07. The smallest absolute Gasteiger partial charge is 0.0100 e. The molecule has 6 rings (SSSR count). The van der Waals surface area contributed by atoms with Gasteiger partial charge in [-0.1, -0.05) is 135 Å². The lowest BCUT2D eigenvalue weighted by atomic mass is 9.72. The van der Waals surface area contributed by atoms with Crippen LogP contribution >= 0.6 is 0 Å². The largest absolute Gasteiger partial charge is 0.0877 e. The van der Waals surface area contributed by atoms with E-state index in [0.29, 0.717) is 23.7 Å². The van der Waals surface area contributed by atoms with Crippen molar-refractivity contribution < 1.29 is 0 Å².